The molecule has 0 atom stereocenters. The van der Waals surface area contributed by atoms with Crippen molar-refractivity contribution < 1.29 is 4.79 Å². The number of anilines is 1. The highest BCUT2D eigenvalue weighted by atomic mass is 16.1. The fourth-order valence-electron chi connectivity index (χ4n) is 5.29. The zero-order valence-electron chi connectivity index (χ0n) is 20.8. The summed E-state index contributed by atoms with van der Waals surface area (Å²) < 4.78 is 1.99. The maximum absolute atomic E-state index is 12.6. The second-order valence-corrected chi connectivity index (χ2v) is 9.82. The number of hydrogen-bond donors (Lipinski definition) is 3. The highest BCUT2D eigenvalue weighted by Gasteiger charge is 2.23. The molecule has 10 heteroatoms. The fraction of sp³-hybridized carbons (Fsp3) is 0.214. The van der Waals surface area contributed by atoms with E-state index in [-0.39, 0.29) is 11.8 Å². The fourth-order valence-corrected chi connectivity index (χ4v) is 5.29. The third kappa shape index (κ3) is 3.90. The SMILES string of the molecule is Cc1cn(-c2ccnc3[nH]c(-c4[nH]nc5ncc(-c6cncc(NC(=O)C7CCCC7)c6)cc45)cc23)cn1. The summed E-state index contributed by atoms with van der Waals surface area (Å²) in [4.78, 5) is 33.9. The number of aromatic amines is 2. The molecule has 0 radical (unpaired) electrons. The summed E-state index contributed by atoms with van der Waals surface area (Å²) >= 11 is 0. The summed E-state index contributed by atoms with van der Waals surface area (Å²) in [6.07, 6.45) is 15.0. The first kappa shape index (κ1) is 22.3. The molecule has 7 rings (SSSR count). The lowest BCUT2D eigenvalue weighted by Gasteiger charge is -2.11. The molecule has 0 bridgehead atoms. The summed E-state index contributed by atoms with van der Waals surface area (Å²) in [5.41, 5.74) is 7.43. The summed E-state index contributed by atoms with van der Waals surface area (Å²) in [5, 5.41) is 12.4. The van der Waals surface area contributed by atoms with Crippen molar-refractivity contribution in [2.24, 2.45) is 5.92 Å². The van der Waals surface area contributed by atoms with Gasteiger partial charge in [0.05, 0.1) is 41.0 Å². The smallest absolute Gasteiger partial charge is 0.227 e. The zero-order chi connectivity index (χ0) is 25.6. The molecule has 6 aromatic heterocycles. The number of carbonyl (C=O) groups excluding carboxylic acids is 1. The lowest BCUT2D eigenvalue weighted by atomic mass is 10.1. The molecule has 6 aromatic rings. The molecule has 3 N–H and O–H groups in total. The first-order valence-electron chi connectivity index (χ1n) is 12.7. The van der Waals surface area contributed by atoms with Crippen LogP contribution in [0, 0.1) is 12.8 Å². The normalized spacial score (nSPS) is 14.0. The Kier molecular flexibility index (Phi) is 5.24. The minimum atomic E-state index is 0.0739. The van der Waals surface area contributed by atoms with Gasteiger partial charge in [-0.1, -0.05) is 12.8 Å². The molecule has 188 valence electrons. The number of amides is 1. The molecule has 0 aromatic carbocycles. The van der Waals surface area contributed by atoms with E-state index in [0.717, 1.165) is 76.0 Å². The molecule has 38 heavy (non-hydrogen) atoms. The van der Waals surface area contributed by atoms with Crippen LogP contribution >= 0.6 is 0 Å². The number of imidazole rings is 1. The van der Waals surface area contributed by atoms with Crippen molar-refractivity contribution in [3.8, 4) is 28.2 Å². The number of rotatable bonds is 5. The Labute approximate surface area is 217 Å². The summed E-state index contributed by atoms with van der Waals surface area (Å²) in [6, 6.07) is 8.01. The molecule has 10 nitrogen and oxygen atoms in total. The van der Waals surface area contributed by atoms with E-state index in [4.69, 9.17) is 0 Å². The summed E-state index contributed by atoms with van der Waals surface area (Å²) in [5.74, 6) is 0.166. The lowest BCUT2D eigenvalue weighted by molar-refractivity contribution is -0.119. The van der Waals surface area contributed by atoms with Gasteiger partial charge in [-0.05, 0) is 44.0 Å². The Morgan fingerprint density at radius 3 is 2.74 bits per heavy atom. The topological polar surface area (TPSA) is 130 Å². The Hall–Kier alpha value is -4.86. The van der Waals surface area contributed by atoms with Crippen LogP contribution in [0.25, 0.3) is 50.3 Å². The predicted molar refractivity (Wildman–Crippen MR) is 145 cm³/mol. The maximum atomic E-state index is 12.6. The van der Waals surface area contributed by atoms with Gasteiger partial charge >= 0.3 is 0 Å². The molecular formula is C28H25N9O. The molecule has 1 aliphatic carbocycles. The van der Waals surface area contributed by atoms with E-state index < -0.39 is 0 Å². The molecule has 0 unspecified atom stereocenters. The Bertz CT molecular complexity index is 1810. The summed E-state index contributed by atoms with van der Waals surface area (Å²) in [7, 11) is 0. The number of H-pyrrole nitrogens is 2. The van der Waals surface area contributed by atoms with Crippen LogP contribution in [0.1, 0.15) is 31.4 Å². The molecule has 0 aliphatic heterocycles. The van der Waals surface area contributed by atoms with Crippen LogP contribution in [0.2, 0.25) is 0 Å². The van der Waals surface area contributed by atoms with Crippen LogP contribution in [0.4, 0.5) is 5.69 Å². The van der Waals surface area contributed by atoms with E-state index in [0.29, 0.717) is 11.3 Å². The highest BCUT2D eigenvalue weighted by molar-refractivity contribution is 5.97. The molecular weight excluding hydrogens is 478 g/mol. The molecule has 0 saturated heterocycles. The number of aromatic nitrogens is 8. The molecule has 1 aliphatic rings. The Morgan fingerprint density at radius 1 is 1.03 bits per heavy atom. The van der Waals surface area contributed by atoms with Crippen molar-refractivity contribution in [1.82, 2.24) is 39.7 Å². The average molecular weight is 504 g/mol. The molecule has 1 saturated carbocycles. The van der Waals surface area contributed by atoms with Crippen molar-refractivity contribution in [2.45, 2.75) is 32.6 Å². The van der Waals surface area contributed by atoms with Crippen molar-refractivity contribution in [3.05, 3.63) is 67.3 Å². The first-order chi connectivity index (χ1) is 18.6. The van der Waals surface area contributed by atoms with Gasteiger partial charge in [0.1, 0.15) is 5.65 Å². The van der Waals surface area contributed by atoms with Gasteiger partial charge in [0.2, 0.25) is 5.91 Å². The maximum Gasteiger partial charge on any atom is 0.227 e. The lowest BCUT2D eigenvalue weighted by Crippen LogP contribution is -2.20. The average Bonchev–Trinajstić information content (AvgIpc) is 3.74. The number of nitrogens with zero attached hydrogens (tertiary/aromatic N) is 6. The van der Waals surface area contributed by atoms with Crippen molar-refractivity contribution >= 4 is 33.7 Å². The van der Waals surface area contributed by atoms with E-state index in [1.54, 1.807) is 31.1 Å². The van der Waals surface area contributed by atoms with E-state index >= 15 is 0 Å². The largest absolute Gasteiger partial charge is 0.338 e. The van der Waals surface area contributed by atoms with Crippen molar-refractivity contribution in [3.63, 3.8) is 0 Å². The van der Waals surface area contributed by atoms with Crippen LogP contribution in [0.15, 0.2) is 61.6 Å². The van der Waals surface area contributed by atoms with E-state index in [1.807, 2.05) is 35.9 Å². The molecule has 1 fully saturated rings. The standard InChI is InChI=1S/C28H25N9O/c1-16-14-37(15-32-16)24-6-7-30-26-21(24)10-23(34-26)25-22-9-19(12-31-27(22)36-35-25)18-8-20(13-29-11-18)33-28(38)17-4-2-3-5-17/h6-15,17H,2-5H2,1H3,(H,30,34)(H,33,38)(H,31,35,36). The third-order valence-corrected chi connectivity index (χ3v) is 7.24. The number of hydrogen-bond acceptors (Lipinski definition) is 6. The van der Waals surface area contributed by atoms with Gasteiger partial charge < -0.3 is 14.9 Å². The summed E-state index contributed by atoms with van der Waals surface area (Å²) in [6.45, 7) is 1.97. The Balaban J connectivity index is 1.24. The van der Waals surface area contributed by atoms with Gasteiger partial charge in [0.15, 0.2) is 5.65 Å². The monoisotopic (exact) mass is 503 g/mol. The van der Waals surface area contributed by atoms with Crippen LogP contribution in [0.3, 0.4) is 0 Å². The van der Waals surface area contributed by atoms with Gasteiger partial charge in [-0.3, -0.25) is 14.9 Å². The number of aryl methyl sites for hydroxylation is 1. The van der Waals surface area contributed by atoms with E-state index in [9.17, 15) is 4.79 Å². The molecule has 1 amide bonds. The molecule has 6 heterocycles. The van der Waals surface area contributed by atoms with Gasteiger partial charge in [-0.25, -0.2) is 15.0 Å². The Morgan fingerprint density at radius 2 is 1.89 bits per heavy atom. The van der Waals surface area contributed by atoms with Gasteiger partial charge in [-0.2, -0.15) is 5.10 Å². The van der Waals surface area contributed by atoms with E-state index in [1.165, 1.54) is 0 Å². The first-order valence-corrected chi connectivity index (χ1v) is 12.7. The van der Waals surface area contributed by atoms with Crippen molar-refractivity contribution in [1.29, 1.82) is 0 Å². The minimum Gasteiger partial charge on any atom is -0.338 e. The number of nitrogens with one attached hydrogen (secondary N) is 3. The predicted octanol–water partition coefficient (Wildman–Crippen LogP) is 5.19. The van der Waals surface area contributed by atoms with Gasteiger partial charge in [-0.15, -0.1) is 0 Å². The third-order valence-electron chi connectivity index (χ3n) is 7.24. The van der Waals surface area contributed by atoms with Crippen LogP contribution in [-0.2, 0) is 4.79 Å². The van der Waals surface area contributed by atoms with Gasteiger partial charge in [0, 0.05) is 52.6 Å². The number of fused-ring (bicyclic) bond motifs is 2. The quantitative estimate of drug-likeness (QED) is 0.297. The zero-order valence-corrected chi connectivity index (χ0v) is 20.8. The van der Waals surface area contributed by atoms with Crippen LogP contribution < -0.4 is 5.32 Å². The van der Waals surface area contributed by atoms with Crippen molar-refractivity contribution in [2.75, 3.05) is 5.32 Å². The molecule has 0 spiro atoms. The van der Waals surface area contributed by atoms with Crippen LogP contribution in [0.5, 0.6) is 0 Å². The second-order valence-electron chi connectivity index (χ2n) is 9.82. The highest BCUT2D eigenvalue weighted by Crippen LogP contribution is 2.33. The number of carbonyl (C=O) groups is 1. The van der Waals surface area contributed by atoms with Crippen LogP contribution in [-0.4, -0.2) is 45.6 Å². The van der Waals surface area contributed by atoms with Gasteiger partial charge in [0.25, 0.3) is 0 Å². The van der Waals surface area contributed by atoms with E-state index in [2.05, 4.69) is 46.5 Å². The number of pyridine rings is 3. The second kappa shape index (κ2) is 8.91. The minimum absolute atomic E-state index is 0.0739.